The normalized spacial score (nSPS) is 19.7. The van der Waals surface area contributed by atoms with Gasteiger partial charge in [-0.2, -0.15) is 0 Å². The highest BCUT2D eigenvalue weighted by Gasteiger charge is 2.29. The summed E-state index contributed by atoms with van der Waals surface area (Å²) in [5, 5.41) is 3.55. The van der Waals surface area contributed by atoms with Gasteiger partial charge < -0.3 is 11.1 Å². The van der Waals surface area contributed by atoms with Gasteiger partial charge >= 0.3 is 0 Å². The highest BCUT2D eigenvalue weighted by Crippen LogP contribution is 2.37. The minimum atomic E-state index is 0.200. The van der Waals surface area contributed by atoms with Gasteiger partial charge in [-0.1, -0.05) is 38.6 Å². The first-order valence-electron chi connectivity index (χ1n) is 7.36. The topological polar surface area (TPSA) is 50.4 Å². The van der Waals surface area contributed by atoms with E-state index in [1.54, 1.807) is 0 Å². The van der Waals surface area contributed by atoms with Crippen molar-refractivity contribution in [2.24, 2.45) is 16.1 Å². The molecule has 0 radical (unpaired) electrons. The Morgan fingerprint density at radius 1 is 1.29 bits per heavy atom. The van der Waals surface area contributed by atoms with Crippen molar-refractivity contribution in [1.82, 2.24) is 0 Å². The molecule has 0 saturated carbocycles. The molecule has 1 aliphatic rings. The van der Waals surface area contributed by atoms with E-state index < -0.39 is 0 Å². The molecule has 0 heterocycles. The maximum absolute atomic E-state index is 5.65. The molecule has 0 aromatic heterocycles. The minimum absolute atomic E-state index is 0.200. The summed E-state index contributed by atoms with van der Waals surface area (Å²) >= 11 is 0. The summed E-state index contributed by atoms with van der Waals surface area (Å²) in [6.45, 7) is 10.9. The lowest BCUT2D eigenvalue weighted by molar-refractivity contribution is 0.371. The Balaban J connectivity index is 2.29. The van der Waals surface area contributed by atoms with E-state index in [0.29, 0.717) is 12.2 Å². The maximum atomic E-state index is 5.65. The molecule has 2 rings (SSSR count). The second kappa shape index (κ2) is 6.17. The van der Waals surface area contributed by atoms with Gasteiger partial charge in [0.15, 0.2) is 0 Å². The van der Waals surface area contributed by atoms with Gasteiger partial charge in [-0.15, -0.1) is 0 Å². The monoisotopic (exact) mass is 283 g/mol. The SMILES string of the molecule is C=C(N)CN=C1CC(C)(C)CC(Nc2ccccc2)=C1C. The Morgan fingerprint density at radius 2 is 1.95 bits per heavy atom. The second-order valence-corrected chi connectivity index (χ2v) is 6.53. The van der Waals surface area contributed by atoms with Gasteiger partial charge in [0, 0.05) is 22.8 Å². The molecule has 3 N–H and O–H groups in total. The summed E-state index contributed by atoms with van der Waals surface area (Å²) in [7, 11) is 0. The van der Waals surface area contributed by atoms with Crippen molar-refractivity contribution in [3.05, 3.63) is 53.9 Å². The molecule has 0 amide bonds. The lowest BCUT2D eigenvalue weighted by Crippen LogP contribution is -2.28. The first-order valence-corrected chi connectivity index (χ1v) is 7.36. The molecule has 1 aromatic carbocycles. The average molecular weight is 283 g/mol. The van der Waals surface area contributed by atoms with Crippen LogP contribution in [0.4, 0.5) is 5.69 Å². The third-order valence-electron chi connectivity index (χ3n) is 3.73. The van der Waals surface area contributed by atoms with Crippen molar-refractivity contribution in [1.29, 1.82) is 0 Å². The van der Waals surface area contributed by atoms with Crippen molar-refractivity contribution < 1.29 is 0 Å². The summed E-state index contributed by atoms with van der Waals surface area (Å²) in [4.78, 5) is 4.65. The van der Waals surface area contributed by atoms with E-state index in [2.05, 4.69) is 49.8 Å². The van der Waals surface area contributed by atoms with Crippen LogP contribution in [-0.4, -0.2) is 12.3 Å². The van der Waals surface area contributed by atoms with Crippen molar-refractivity contribution >= 4 is 11.4 Å². The first-order chi connectivity index (χ1) is 9.87. The molecular weight excluding hydrogens is 258 g/mol. The van der Waals surface area contributed by atoms with Crippen molar-refractivity contribution in [2.45, 2.75) is 33.6 Å². The molecule has 0 saturated heterocycles. The number of benzene rings is 1. The van der Waals surface area contributed by atoms with E-state index in [-0.39, 0.29) is 5.41 Å². The molecule has 112 valence electrons. The quantitative estimate of drug-likeness (QED) is 0.873. The number of nitrogens with two attached hydrogens (primary N) is 1. The van der Waals surface area contributed by atoms with Crippen LogP contribution in [0, 0.1) is 5.41 Å². The van der Waals surface area contributed by atoms with E-state index in [1.807, 2.05) is 18.2 Å². The Bertz CT molecular complexity index is 580. The Labute approximate surface area is 127 Å². The second-order valence-electron chi connectivity index (χ2n) is 6.53. The van der Waals surface area contributed by atoms with Crippen molar-refractivity contribution in [3.8, 4) is 0 Å². The number of para-hydroxylation sites is 1. The van der Waals surface area contributed by atoms with Gasteiger partial charge in [0.2, 0.25) is 0 Å². The molecule has 0 aliphatic heterocycles. The van der Waals surface area contributed by atoms with Crippen LogP contribution in [0.15, 0.2) is 58.9 Å². The summed E-state index contributed by atoms with van der Waals surface area (Å²) < 4.78 is 0. The number of hydrogen-bond donors (Lipinski definition) is 2. The fourth-order valence-electron chi connectivity index (χ4n) is 2.64. The molecule has 0 fully saturated rings. The van der Waals surface area contributed by atoms with Gasteiger partial charge in [-0.05, 0) is 42.9 Å². The molecule has 1 aromatic rings. The van der Waals surface area contributed by atoms with Crippen LogP contribution >= 0.6 is 0 Å². The minimum Gasteiger partial charge on any atom is -0.401 e. The Hall–Kier alpha value is -2.03. The number of aliphatic imine (C=N–C) groups is 1. The largest absolute Gasteiger partial charge is 0.401 e. The molecule has 0 bridgehead atoms. The van der Waals surface area contributed by atoms with Gasteiger partial charge in [-0.25, -0.2) is 0 Å². The van der Waals surface area contributed by atoms with Crippen LogP contribution in [0.5, 0.6) is 0 Å². The van der Waals surface area contributed by atoms with Crippen LogP contribution in [0.1, 0.15) is 33.6 Å². The van der Waals surface area contributed by atoms with Crippen LogP contribution < -0.4 is 11.1 Å². The zero-order valence-electron chi connectivity index (χ0n) is 13.2. The summed E-state index contributed by atoms with van der Waals surface area (Å²) in [5.41, 5.74) is 11.2. The molecule has 0 spiro atoms. The molecule has 3 nitrogen and oxygen atoms in total. The third-order valence-corrected chi connectivity index (χ3v) is 3.73. The predicted octanol–water partition coefficient (Wildman–Crippen LogP) is 4.11. The summed E-state index contributed by atoms with van der Waals surface area (Å²) in [6, 6.07) is 10.3. The van der Waals surface area contributed by atoms with Crippen molar-refractivity contribution in [3.63, 3.8) is 0 Å². The fraction of sp³-hybridized carbons (Fsp3) is 0.389. The van der Waals surface area contributed by atoms with E-state index in [0.717, 1.165) is 24.2 Å². The zero-order valence-corrected chi connectivity index (χ0v) is 13.2. The van der Waals surface area contributed by atoms with Gasteiger partial charge in [0.1, 0.15) is 0 Å². The first kappa shape index (κ1) is 15.4. The molecule has 0 atom stereocenters. The third kappa shape index (κ3) is 4.22. The van der Waals surface area contributed by atoms with Gasteiger partial charge in [0.05, 0.1) is 6.54 Å². The van der Waals surface area contributed by atoms with Gasteiger partial charge in [-0.3, -0.25) is 4.99 Å². The lowest BCUT2D eigenvalue weighted by Gasteiger charge is -2.34. The van der Waals surface area contributed by atoms with Gasteiger partial charge in [0.25, 0.3) is 0 Å². The van der Waals surface area contributed by atoms with Crippen LogP contribution in [0.2, 0.25) is 0 Å². The summed E-state index contributed by atoms with van der Waals surface area (Å²) in [5.74, 6) is 0. The van der Waals surface area contributed by atoms with E-state index >= 15 is 0 Å². The Kier molecular flexibility index (Phi) is 4.51. The fourth-order valence-corrected chi connectivity index (χ4v) is 2.64. The number of rotatable bonds is 4. The molecule has 0 unspecified atom stereocenters. The van der Waals surface area contributed by atoms with E-state index in [4.69, 9.17) is 5.73 Å². The average Bonchev–Trinajstić information content (AvgIpc) is 2.41. The van der Waals surface area contributed by atoms with E-state index in [1.165, 1.54) is 11.3 Å². The smallest absolute Gasteiger partial charge is 0.0781 e. The number of nitrogens with zero attached hydrogens (tertiary/aromatic N) is 1. The standard InChI is InChI=1S/C18H25N3/c1-13(19)12-20-16-10-18(3,4)11-17(14(16)2)21-15-8-6-5-7-9-15/h5-9,21H,1,10-12,19H2,2-4H3. The van der Waals surface area contributed by atoms with E-state index in [9.17, 15) is 0 Å². The molecule has 21 heavy (non-hydrogen) atoms. The number of nitrogens with one attached hydrogen (secondary N) is 1. The van der Waals surface area contributed by atoms with Crippen LogP contribution in [0.25, 0.3) is 0 Å². The summed E-state index contributed by atoms with van der Waals surface area (Å²) in [6.07, 6.45) is 2.00. The van der Waals surface area contributed by atoms with Crippen LogP contribution in [-0.2, 0) is 0 Å². The van der Waals surface area contributed by atoms with Crippen molar-refractivity contribution in [2.75, 3.05) is 11.9 Å². The number of hydrogen-bond acceptors (Lipinski definition) is 3. The Morgan fingerprint density at radius 3 is 2.57 bits per heavy atom. The maximum Gasteiger partial charge on any atom is 0.0781 e. The molecule has 1 aliphatic carbocycles. The highest BCUT2D eigenvalue weighted by atomic mass is 14.9. The predicted molar refractivity (Wildman–Crippen MR) is 91.4 cm³/mol. The molecular formula is C18H25N3. The highest BCUT2D eigenvalue weighted by molar-refractivity contribution is 6.02. The lowest BCUT2D eigenvalue weighted by atomic mass is 9.75. The molecule has 3 heteroatoms. The zero-order chi connectivity index (χ0) is 15.5. The van der Waals surface area contributed by atoms with Crippen LogP contribution in [0.3, 0.4) is 0 Å². The number of allylic oxidation sites excluding steroid dienone is 2. The number of anilines is 1.